The Morgan fingerprint density at radius 3 is 2.23 bits per heavy atom. The molecule has 0 unspecified atom stereocenters. The molecule has 5 heterocycles. The highest BCUT2D eigenvalue weighted by Crippen LogP contribution is 2.38. The molecule has 4 fully saturated rings. The normalized spacial score (nSPS) is 33.3. The topological polar surface area (TPSA) is 34.4 Å². The van der Waals surface area contributed by atoms with Gasteiger partial charge in [0.1, 0.15) is 0 Å². The zero-order valence-electron chi connectivity index (χ0n) is 15.0. The van der Waals surface area contributed by atoms with Gasteiger partial charge in [0.05, 0.1) is 42.2 Å². The van der Waals surface area contributed by atoms with Gasteiger partial charge in [-0.1, -0.05) is 30.3 Å². The van der Waals surface area contributed by atoms with Gasteiger partial charge in [-0.3, -0.25) is 14.7 Å². The van der Waals surface area contributed by atoms with E-state index in [1.165, 1.54) is 16.0 Å². The van der Waals surface area contributed by atoms with Crippen molar-refractivity contribution in [3.05, 3.63) is 57.8 Å². The highest BCUT2D eigenvalue weighted by molar-refractivity contribution is 7.11. The van der Waals surface area contributed by atoms with Crippen LogP contribution < -0.4 is 0 Å². The van der Waals surface area contributed by atoms with Gasteiger partial charge in [-0.15, -0.1) is 11.3 Å². The van der Waals surface area contributed by atoms with Crippen LogP contribution >= 0.6 is 11.3 Å². The van der Waals surface area contributed by atoms with Crippen LogP contribution in [0.5, 0.6) is 0 Å². The quantitative estimate of drug-likeness (QED) is 0.617. The van der Waals surface area contributed by atoms with Gasteiger partial charge < -0.3 is 0 Å². The number of hydrogen-bond donors (Lipinski definition) is 0. The lowest BCUT2D eigenvalue weighted by molar-refractivity contribution is -0.149. The van der Waals surface area contributed by atoms with Crippen LogP contribution in [0.15, 0.2) is 52.0 Å². The summed E-state index contributed by atoms with van der Waals surface area (Å²) in [4.78, 5) is 8.77. The number of hydrogen-bond acceptors (Lipinski definition) is 6. The van der Waals surface area contributed by atoms with Crippen molar-refractivity contribution in [2.45, 2.75) is 6.92 Å². The molecule has 2 aromatic rings. The van der Waals surface area contributed by atoms with E-state index >= 15 is 0 Å². The maximum Gasteiger partial charge on any atom is 0.0802 e. The second-order valence-electron chi connectivity index (χ2n) is 7.72. The van der Waals surface area contributed by atoms with Crippen LogP contribution in [0.3, 0.4) is 0 Å². The third kappa shape index (κ3) is 2.83. The second kappa shape index (κ2) is 6.39. The molecule has 0 aliphatic carbocycles. The standard InChI is InChI=1S/C20H23N5S/c1-16-7-8-26-18(16)9-21-22-19(17-5-3-2-4-6-17)20-10-23-13-24(11-20)15-25(12-20)14-23/h2-9H,10-15H2,1H3. The Morgan fingerprint density at radius 1 is 1.00 bits per heavy atom. The summed E-state index contributed by atoms with van der Waals surface area (Å²) in [5, 5.41) is 11.4. The number of thiophene rings is 1. The first-order valence-corrected chi connectivity index (χ1v) is 9.98. The predicted octanol–water partition coefficient (Wildman–Crippen LogP) is 2.69. The van der Waals surface area contributed by atoms with Crippen molar-refractivity contribution < 1.29 is 0 Å². The number of nitrogens with zero attached hydrogens (tertiary/aromatic N) is 5. The van der Waals surface area contributed by atoms with Gasteiger partial charge in [0, 0.05) is 19.6 Å². The lowest BCUT2D eigenvalue weighted by Crippen LogP contribution is -2.74. The lowest BCUT2D eigenvalue weighted by atomic mass is 9.74. The molecule has 0 N–H and O–H groups in total. The van der Waals surface area contributed by atoms with Crippen LogP contribution in [-0.4, -0.2) is 66.3 Å². The van der Waals surface area contributed by atoms with E-state index in [2.05, 4.69) is 68.5 Å². The molecule has 6 heteroatoms. The summed E-state index contributed by atoms with van der Waals surface area (Å²) in [5.41, 5.74) is 3.62. The fraction of sp³-hybridized carbons (Fsp3) is 0.400. The van der Waals surface area contributed by atoms with Crippen LogP contribution in [0, 0.1) is 12.3 Å². The minimum Gasteiger partial charge on any atom is -0.276 e. The molecule has 0 atom stereocenters. The van der Waals surface area contributed by atoms with Gasteiger partial charge in [-0.2, -0.15) is 10.2 Å². The Labute approximate surface area is 158 Å². The van der Waals surface area contributed by atoms with E-state index in [0.717, 1.165) is 45.4 Å². The van der Waals surface area contributed by atoms with Crippen molar-refractivity contribution in [1.82, 2.24) is 14.7 Å². The molecular weight excluding hydrogens is 342 g/mol. The van der Waals surface area contributed by atoms with E-state index in [4.69, 9.17) is 5.10 Å². The fourth-order valence-electron chi connectivity index (χ4n) is 4.66. The van der Waals surface area contributed by atoms with E-state index < -0.39 is 0 Å². The van der Waals surface area contributed by atoms with E-state index in [1.54, 1.807) is 11.3 Å². The van der Waals surface area contributed by atoms with Crippen molar-refractivity contribution >= 4 is 23.3 Å². The molecule has 0 amide bonds. The first-order chi connectivity index (χ1) is 12.7. The molecule has 4 bridgehead atoms. The number of rotatable bonds is 4. The average molecular weight is 366 g/mol. The van der Waals surface area contributed by atoms with Crippen molar-refractivity contribution in [3.63, 3.8) is 0 Å². The van der Waals surface area contributed by atoms with Gasteiger partial charge >= 0.3 is 0 Å². The van der Waals surface area contributed by atoms with E-state index in [9.17, 15) is 0 Å². The Morgan fingerprint density at radius 2 is 1.65 bits per heavy atom. The molecule has 0 spiro atoms. The van der Waals surface area contributed by atoms with Crippen molar-refractivity contribution in [2.75, 3.05) is 39.6 Å². The Hall–Kier alpha value is -1.86. The van der Waals surface area contributed by atoms with Crippen LogP contribution in [0.2, 0.25) is 0 Å². The maximum atomic E-state index is 4.81. The van der Waals surface area contributed by atoms with Crippen molar-refractivity contribution in [3.8, 4) is 0 Å². The summed E-state index contributed by atoms with van der Waals surface area (Å²) in [6, 6.07) is 12.7. The maximum absolute atomic E-state index is 4.81. The van der Waals surface area contributed by atoms with Gasteiger partial charge in [-0.25, -0.2) is 0 Å². The minimum atomic E-state index is 0.0396. The van der Waals surface area contributed by atoms with Crippen molar-refractivity contribution in [1.29, 1.82) is 0 Å². The molecule has 1 aromatic heterocycles. The number of benzene rings is 1. The van der Waals surface area contributed by atoms with Gasteiger partial charge in [0.15, 0.2) is 0 Å². The van der Waals surface area contributed by atoms with E-state index in [0.29, 0.717) is 0 Å². The molecule has 4 aliphatic rings. The lowest BCUT2D eigenvalue weighted by Gasteiger charge is -2.60. The Kier molecular flexibility index (Phi) is 4.01. The molecule has 4 aliphatic heterocycles. The summed E-state index contributed by atoms with van der Waals surface area (Å²) in [6.45, 7) is 8.57. The fourth-order valence-corrected chi connectivity index (χ4v) is 5.44. The summed E-state index contributed by atoms with van der Waals surface area (Å²) in [7, 11) is 0. The van der Waals surface area contributed by atoms with Crippen LogP contribution in [-0.2, 0) is 0 Å². The molecule has 134 valence electrons. The first-order valence-electron chi connectivity index (χ1n) is 9.10. The molecule has 5 nitrogen and oxygen atoms in total. The molecule has 0 saturated carbocycles. The highest BCUT2D eigenvalue weighted by Gasteiger charge is 2.51. The summed E-state index contributed by atoms with van der Waals surface area (Å²) < 4.78 is 0. The number of aryl methyl sites for hydroxylation is 1. The summed E-state index contributed by atoms with van der Waals surface area (Å²) in [6.07, 6.45) is 1.91. The van der Waals surface area contributed by atoms with Gasteiger partial charge in [0.2, 0.25) is 0 Å². The summed E-state index contributed by atoms with van der Waals surface area (Å²) >= 11 is 1.71. The zero-order chi connectivity index (χ0) is 17.6. The average Bonchev–Trinajstić information content (AvgIpc) is 3.03. The molecule has 6 rings (SSSR count). The van der Waals surface area contributed by atoms with E-state index in [-0.39, 0.29) is 5.41 Å². The van der Waals surface area contributed by atoms with Crippen molar-refractivity contribution in [2.24, 2.45) is 15.6 Å². The third-order valence-electron chi connectivity index (χ3n) is 5.56. The second-order valence-corrected chi connectivity index (χ2v) is 8.67. The molecule has 1 aromatic carbocycles. The zero-order valence-corrected chi connectivity index (χ0v) is 15.8. The van der Waals surface area contributed by atoms with Crippen LogP contribution in [0.4, 0.5) is 0 Å². The smallest absolute Gasteiger partial charge is 0.0802 e. The molecular formula is C20H23N5S. The van der Waals surface area contributed by atoms with Gasteiger partial charge in [-0.05, 0) is 29.5 Å². The SMILES string of the molecule is Cc1ccsc1C=NN=C(c1ccccc1)C12CN3CN(CN(C3)C1)C2. The Balaban J connectivity index is 1.54. The molecule has 0 radical (unpaired) electrons. The van der Waals surface area contributed by atoms with Crippen LogP contribution in [0.25, 0.3) is 0 Å². The Bertz CT molecular complexity index is 819. The largest absolute Gasteiger partial charge is 0.276 e. The molecule has 26 heavy (non-hydrogen) atoms. The van der Waals surface area contributed by atoms with Gasteiger partial charge in [0.25, 0.3) is 0 Å². The van der Waals surface area contributed by atoms with E-state index in [1.807, 2.05) is 6.21 Å². The predicted molar refractivity (Wildman–Crippen MR) is 107 cm³/mol. The molecule has 4 saturated heterocycles. The highest BCUT2D eigenvalue weighted by atomic mass is 32.1. The monoisotopic (exact) mass is 365 g/mol. The third-order valence-corrected chi connectivity index (χ3v) is 6.52. The summed E-state index contributed by atoms with van der Waals surface area (Å²) in [5.74, 6) is 0. The minimum absolute atomic E-state index is 0.0396. The van der Waals surface area contributed by atoms with Crippen LogP contribution in [0.1, 0.15) is 16.0 Å². The first kappa shape index (κ1) is 16.3.